The minimum absolute atomic E-state index is 0.766. The van der Waals surface area contributed by atoms with Gasteiger partial charge in [0.25, 0.3) is 0 Å². The highest BCUT2D eigenvalue weighted by Crippen LogP contribution is 2.24. The van der Waals surface area contributed by atoms with Gasteiger partial charge in [-0.2, -0.15) is 5.26 Å². The number of benzene rings is 1. The van der Waals surface area contributed by atoms with E-state index in [9.17, 15) is 0 Å². The summed E-state index contributed by atoms with van der Waals surface area (Å²) in [7, 11) is 0. The molecule has 1 aromatic carbocycles. The monoisotopic (exact) mass is 283 g/mol. The molecule has 1 aliphatic heterocycles. The Bertz CT molecular complexity index is 518. The fourth-order valence-electron chi connectivity index (χ4n) is 3.74. The summed E-state index contributed by atoms with van der Waals surface area (Å²) >= 11 is 0. The molecule has 3 heteroatoms. The molecule has 112 valence electrons. The smallest absolute Gasteiger partial charge is 0.0991 e. The van der Waals surface area contributed by atoms with Gasteiger partial charge in [0, 0.05) is 38.8 Å². The number of nitrogens with zero attached hydrogens (tertiary/aromatic N) is 3. The van der Waals surface area contributed by atoms with Crippen molar-refractivity contribution in [1.29, 1.82) is 5.26 Å². The van der Waals surface area contributed by atoms with Gasteiger partial charge in [0.15, 0.2) is 0 Å². The van der Waals surface area contributed by atoms with Crippen molar-refractivity contribution >= 4 is 0 Å². The Kier molecular flexibility index (Phi) is 4.57. The van der Waals surface area contributed by atoms with Gasteiger partial charge in [0.1, 0.15) is 0 Å². The second-order valence-corrected chi connectivity index (χ2v) is 6.50. The first-order valence-electron chi connectivity index (χ1n) is 8.22. The summed E-state index contributed by atoms with van der Waals surface area (Å²) in [5.41, 5.74) is 3.37. The van der Waals surface area contributed by atoms with Crippen molar-refractivity contribution in [2.75, 3.05) is 26.2 Å². The predicted molar refractivity (Wildman–Crippen MR) is 85.0 cm³/mol. The molecule has 0 aromatic heterocycles. The van der Waals surface area contributed by atoms with Gasteiger partial charge in [-0.05, 0) is 43.0 Å². The van der Waals surface area contributed by atoms with Crippen molar-refractivity contribution in [2.45, 2.75) is 45.2 Å². The van der Waals surface area contributed by atoms with E-state index < -0.39 is 0 Å². The molecule has 1 aliphatic carbocycles. The van der Waals surface area contributed by atoms with E-state index in [0.29, 0.717) is 0 Å². The molecule has 0 bridgehead atoms. The van der Waals surface area contributed by atoms with E-state index in [-0.39, 0.29) is 0 Å². The number of aryl methyl sites for hydroxylation is 1. The van der Waals surface area contributed by atoms with Crippen LogP contribution in [0, 0.1) is 18.3 Å². The Balaban J connectivity index is 1.54. The van der Waals surface area contributed by atoms with E-state index in [1.165, 1.54) is 63.0 Å². The van der Waals surface area contributed by atoms with Crippen molar-refractivity contribution < 1.29 is 0 Å². The molecule has 0 atom stereocenters. The zero-order valence-corrected chi connectivity index (χ0v) is 13.0. The topological polar surface area (TPSA) is 30.3 Å². The standard InChI is InChI=1S/C18H25N3/c1-15-12-16(13-19)6-7-17(15)14-20-8-10-21(11-9-20)18-4-2-3-5-18/h6-7,12,18H,2-5,8-11,14H2,1H3. The average Bonchev–Trinajstić information content (AvgIpc) is 3.04. The van der Waals surface area contributed by atoms with Crippen LogP contribution in [0.3, 0.4) is 0 Å². The van der Waals surface area contributed by atoms with Crippen molar-refractivity contribution in [2.24, 2.45) is 0 Å². The molecule has 1 heterocycles. The van der Waals surface area contributed by atoms with E-state index in [2.05, 4.69) is 28.9 Å². The Morgan fingerprint density at radius 3 is 2.48 bits per heavy atom. The third kappa shape index (κ3) is 3.45. The molecule has 0 amide bonds. The quantitative estimate of drug-likeness (QED) is 0.854. The third-order valence-electron chi connectivity index (χ3n) is 5.11. The number of rotatable bonds is 3. The molecule has 3 nitrogen and oxygen atoms in total. The van der Waals surface area contributed by atoms with Crippen LogP contribution in [0.1, 0.15) is 42.4 Å². The molecule has 0 radical (unpaired) electrons. The summed E-state index contributed by atoms with van der Waals surface area (Å²) in [5, 5.41) is 8.94. The summed E-state index contributed by atoms with van der Waals surface area (Å²) in [6, 6.07) is 9.15. The number of hydrogen-bond donors (Lipinski definition) is 0. The Labute approximate surface area is 128 Å². The Morgan fingerprint density at radius 2 is 1.86 bits per heavy atom. The van der Waals surface area contributed by atoms with Gasteiger partial charge in [0.2, 0.25) is 0 Å². The highest BCUT2D eigenvalue weighted by molar-refractivity contribution is 5.37. The van der Waals surface area contributed by atoms with Crippen LogP contribution < -0.4 is 0 Å². The van der Waals surface area contributed by atoms with Gasteiger partial charge < -0.3 is 0 Å². The van der Waals surface area contributed by atoms with Crippen LogP contribution in [0.5, 0.6) is 0 Å². The van der Waals surface area contributed by atoms with Gasteiger partial charge in [0.05, 0.1) is 11.6 Å². The summed E-state index contributed by atoms with van der Waals surface area (Å²) in [5.74, 6) is 0. The maximum absolute atomic E-state index is 8.94. The first kappa shape index (κ1) is 14.6. The average molecular weight is 283 g/mol. The molecular weight excluding hydrogens is 258 g/mol. The number of nitriles is 1. The van der Waals surface area contributed by atoms with Gasteiger partial charge in [-0.3, -0.25) is 9.80 Å². The largest absolute Gasteiger partial charge is 0.298 e. The minimum Gasteiger partial charge on any atom is -0.298 e. The molecule has 1 saturated carbocycles. The van der Waals surface area contributed by atoms with Gasteiger partial charge >= 0.3 is 0 Å². The zero-order valence-electron chi connectivity index (χ0n) is 13.0. The molecule has 2 fully saturated rings. The summed E-state index contributed by atoms with van der Waals surface area (Å²) in [6.45, 7) is 7.94. The molecule has 2 aliphatic rings. The van der Waals surface area contributed by atoms with Crippen LogP contribution in [0.4, 0.5) is 0 Å². The lowest BCUT2D eigenvalue weighted by Gasteiger charge is -2.38. The molecule has 0 spiro atoms. The SMILES string of the molecule is Cc1cc(C#N)ccc1CN1CCN(C2CCCC2)CC1. The third-order valence-corrected chi connectivity index (χ3v) is 5.11. The summed E-state index contributed by atoms with van der Waals surface area (Å²) in [6.07, 6.45) is 5.67. The normalized spacial score (nSPS) is 21.5. The fourth-order valence-corrected chi connectivity index (χ4v) is 3.74. The van der Waals surface area contributed by atoms with Gasteiger partial charge in [-0.25, -0.2) is 0 Å². The van der Waals surface area contributed by atoms with Crippen molar-refractivity contribution in [3.63, 3.8) is 0 Å². The van der Waals surface area contributed by atoms with E-state index in [1.54, 1.807) is 0 Å². The van der Waals surface area contributed by atoms with Crippen molar-refractivity contribution in [1.82, 2.24) is 9.80 Å². The Morgan fingerprint density at radius 1 is 1.14 bits per heavy atom. The van der Waals surface area contributed by atoms with Crippen LogP contribution in [0.15, 0.2) is 18.2 Å². The molecular formula is C18H25N3. The molecule has 21 heavy (non-hydrogen) atoms. The molecule has 1 saturated heterocycles. The first-order chi connectivity index (χ1) is 10.3. The van der Waals surface area contributed by atoms with Crippen molar-refractivity contribution in [3.05, 3.63) is 34.9 Å². The van der Waals surface area contributed by atoms with Crippen LogP contribution in [0.2, 0.25) is 0 Å². The maximum atomic E-state index is 8.94. The first-order valence-corrected chi connectivity index (χ1v) is 8.22. The molecule has 0 N–H and O–H groups in total. The lowest BCUT2D eigenvalue weighted by atomic mass is 10.0. The number of piperazine rings is 1. The number of hydrogen-bond acceptors (Lipinski definition) is 3. The molecule has 0 unspecified atom stereocenters. The fraction of sp³-hybridized carbons (Fsp3) is 0.611. The van der Waals surface area contributed by atoms with E-state index in [0.717, 1.165) is 18.2 Å². The lowest BCUT2D eigenvalue weighted by Crippen LogP contribution is -2.49. The van der Waals surface area contributed by atoms with Crippen LogP contribution in [-0.4, -0.2) is 42.0 Å². The zero-order chi connectivity index (χ0) is 14.7. The minimum atomic E-state index is 0.766. The van der Waals surface area contributed by atoms with Gasteiger partial charge in [-0.1, -0.05) is 18.9 Å². The maximum Gasteiger partial charge on any atom is 0.0991 e. The predicted octanol–water partition coefficient (Wildman–Crippen LogP) is 2.93. The molecule has 3 rings (SSSR count). The van der Waals surface area contributed by atoms with E-state index >= 15 is 0 Å². The molecule has 1 aromatic rings. The van der Waals surface area contributed by atoms with E-state index in [4.69, 9.17) is 5.26 Å². The van der Waals surface area contributed by atoms with Crippen LogP contribution >= 0.6 is 0 Å². The van der Waals surface area contributed by atoms with Crippen molar-refractivity contribution in [3.8, 4) is 6.07 Å². The highest BCUT2D eigenvalue weighted by atomic mass is 15.3. The lowest BCUT2D eigenvalue weighted by molar-refractivity contribution is 0.0936. The highest BCUT2D eigenvalue weighted by Gasteiger charge is 2.26. The second-order valence-electron chi connectivity index (χ2n) is 6.50. The van der Waals surface area contributed by atoms with E-state index in [1.807, 2.05) is 12.1 Å². The second kappa shape index (κ2) is 6.60. The Hall–Kier alpha value is -1.37. The van der Waals surface area contributed by atoms with Gasteiger partial charge in [-0.15, -0.1) is 0 Å². The summed E-state index contributed by atoms with van der Waals surface area (Å²) < 4.78 is 0. The van der Waals surface area contributed by atoms with Crippen LogP contribution in [-0.2, 0) is 6.54 Å². The summed E-state index contributed by atoms with van der Waals surface area (Å²) in [4.78, 5) is 5.26. The van der Waals surface area contributed by atoms with Crippen LogP contribution in [0.25, 0.3) is 0 Å².